The van der Waals surface area contributed by atoms with Crippen LogP contribution in [0.2, 0.25) is 0 Å². The monoisotopic (exact) mass is 251 g/mol. The van der Waals surface area contributed by atoms with Crippen LogP contribution in [0, 0.1) is 0 Å². The third-order valence-electron chi connectivity index (χ3n) is 1.99. The van der Waals surface area contributed by atoms with Gasteiger partial charge in [0.2, 0.25) is 0 Å². The van der Waals surface area contributed by atoms with Gasteiger partial charge in [0.15, 0.2) is 0 Å². The summed E-state index contributed by atoms with van der Waals surface area (Å²) in [7, 11) is 1.41. The summed E-state index contributed by atoms with van der Waals surface area (Å²) in [6, 6.07) is 0.453. The molecule has 0 aromatic heterocycles. The van der Waals surface area contributed by atoms with Crippen molar-refractivity contribution in [2.45, 2.75) is 31.6 Å². The van der Waals surface area contributed by atoms with Gasteiger partial charge in [-0.05, 0) is 20.4 Å². The van der Waals surface area contributed by atoms with Gasteiger partial charge in [0.1, 0.15) is 4.83 Å². The van der Waals surface area contributed by atoms with Gasteiger partial charge in [-0.15, -0.1) is 0 Å². The van der Waals surface area contributed by atoms with Gasteiger partial charge >= 0.3 is 5.97 Å². The fourth-order valence-electron chi connectivity index (χ4n) is 1.11. The van der Waals surface area contributed by atoms with E-state index in [0.717, 1.165) is 6.54 Å². The number of hydrogen-bond donors (Lipinski definition) is 0. The standard InChI is InChI=1S/C9H18BrNO2/c1-5-11(7(2)3)6-8(10)9(12)13-4/h7-8H,5-6H2,1-4H3. The molecular weight excluding hydrogens is 234 g/mol. The van der Waals surface area contributed by atoms with Crippen molar-refractivity contribution < 1.29 is 9.53 Å². The van der Waals surface area contributed by atoms with Crippen LogP contribution in [0.1, 0.15) is 20.8 Å². The SMILES string of the molecule is CCN(CC(Br)C(=O)OC)C(C)C. The molecule has 0 radical (unpaired) electrons. The molecule has 0 rings (SSSR count). The van der Waals surface area contributed by atoms with Crippen LogP contribution in [0.4, 0.5) is 0 Å². The Balaban J connectivity index is 4.00. The highest BCUT2D eigenvalue weighted by atomic mass is 79.9. The summed E-state index contributed by atoms with van der Waals surface area (Å²) in [5.41, 5.74) is 0. The highest BCUT2D eigenvalue weighted by Crippen LogP contribution is 2.07. The maximum absolute atomic E-state index is 11.1. The van der Waals surface area contributed by atoms with Crippen molar-refractivity contribution in [3.05, 3.63) is 0 Å². The van der Waals surface area contributed by atoms with Gasteiger partial charge in [-0.2, -0.15) is 0 Å². The summed E-state index contributed by atoms with van der Waals surface area (Å²) in [5.74, 6) is -0.209. The Morgan fingerprint density at radius 3 is 2.38 bits per heavy atom. The van der Waals surface area contributed by atoms with Gasteiger partial charge in [0, 0.05) is 12.6 Å². The molecule has 0 amide bonds. The van der Waals surface area contributed by atoms with Crippen LogP contribution in [0.5, 0.6) is 0 Å². The molecular formula is C9H18BrNO2. The molecule has 0 spiro atoms. The summed E-state index contributed by atoms with van der Waals surface area (Å²) in [5, 5.41) is 0. The van der Waals surface area contributed by atoms with Crippen LogP contribution in [0.15, 0.2) is 0 Å². The van der Waals surface area contributed by atoms with Crippen molar-refractivity contribution in [2.75, 3.05) is 20.2 Å². The number of esters is 1. The van der Waals surface area contributed by atoms with Crippen LogP contribution >= 0.6 is 15.9 Å². The first-order valence-corrected chi connectivity index (χ1v) is 5.40. The molecule has 0 heterocycles. The summed E-state index contributed by atoms with van der Waals surface area (Å²) < 4.78 is 4.62. The second-order valence-electron chi connectivity index (χ2n) is 3.17. The normalized spacial score (nSPS) is 13.5. The van der Waals surface area contributed by atoms with Crippen molar-refractivity contribution in [3.63, 3.8) is 0 Å². The molecule has 1 unspecified atom stereocenters. The largest absolute Gasteiger partial charge is 0.468 e. The molecule has 0 N–H and O–H groups in total. The van der Waals surface area contributed by atoms with E-state index in [1.54, 1.807) is 0 Å². The lowest BCUT2D eigenvalue weighted by Gasteiger charge is -2.26. The van der Waals surface area contributed by atoms with Gasteiger partial charge in [0.25, 0.3) is 0 Å². The fraction of sp³-hybridized carbons (Fsp3) is 0.889. The van der Waals surface area contributed by atoms with E-state index in [9.17, 15) is 4.79 Å². The average molecular weight is 252 g/mol. The lowest BCUT2D eigenvalue weighted by molar-refractivity contribution is -0.140. The molecule has 0 bridgehead atoms. The van der Waals surface area contributed by atoms with Gasteiger partial charge < -0.3 is 4.74 Å². The molecule has 78 valence electrons. The van der Waals surface area contributed by atoms with Gasteiger partial charge in [-0.1, -0.05) is 22.9 Å². The zero-order chi connectivity index (χ0) is 10.4. The fourth-order valence-corrected chi connectivity index (χ4v) is 1.67. The highest BCUT2D eigenvalue weighted by molar-refractivity contribution is 9.10. The van der Waals surface area contributed by atoms with E-state index >= 15 is 0 Å². The summed E-state index contributed by atoms with van der Waals surface area (Å²) in [6.45, 7) is 7.94. The Morgan fingerprint density at radius 1 is 1.54 bits per heavy atom. The van der Waals surface area contributed by atoms with E-state index in [1.165, 1.54) is 7.11 Å². The van der Waals surface area contributed by atoms with Gasteiger partial charge in [-0.3, -0.25) is 9.69 Å². The Labute approximate surface area is 88.6 Å². The van der Waals surface area contributed by atoms with Crippen LogP contribution in [-0.2, 0) is 9.53 Å². The highest BCUT2D eigenvalue weighted by Gasteiger charge is 2.19. The lowest BCUT2D eigenvalue weighted by atomic mass is 10.3. The number of ether oxygens (including phenoxy) is 1. The van der Waals surface area contributed by atoms with Gasteiger partial charge in [0.05, 0.1) is 7.11 Å². The third-order valence-corrected chi connectivity index (χ3v) is 2.65. The number of halogens is 1. The molecule has 4 heteroatoms. The van der Waals surface area contributed by atoms with Crippen LogP contribution in [0.3, 0.4) is 0 Å². The number of nitrogens with zero attached hydrogens (tertiary/aromatic N) is 1. The Hall–Kier alpha value is -0.0900. The van der Waals surface area contributed by atoms with E-state index in [0.29, 0.717) is 12.6 Å². The number of carbonyl (C=O) groups is 1. The van der Waals surface area contributed by atoms with E-state index in [-0.39, 0.29) is 10.8 Å². The van der Waals surface area contributed by atoms with E-state index < -0.39 is 0 Å². The molecule has 13 heavy (non-hydrogen) atoms. The Kier molecular flexibility index (Phi) is 6.33. The topological polar surface area (TPSA) is 29.5 Å². The molecule has 0 aliphatic heterocycles. The Morgan fingerprint density at radius 2 is 2.08 bits per heavy atom. The zero-order valence-electron chi connectivity index (χ0n) is 8.71. The number of rotatable bonds is 5. The first kappa shape index (κ1) is 12.9. The first-order chi connectivity index (χ1) is 6.02. The molecule has 0 saturated carbocycles. The lowest BCUT2D eigenvalue weighted by Crippen LogP contribution is -2.38. The predicted octanol–water partition coefficient (Wildman–Crippen LogP) is 1.65. The zero-order valence-corrected chi connectivity index (χ0v) is 10.3. The molecule has 3 nitrogen and oxygen atoms in total. The van der Waals surface area contributed by atoms with Crippen molar-refractivity contribution in [2.24, 2.45) is 0 Å². The first-order valence-electron chi connectivity index (χ1n) is 4.48. The van der Waals surface area contributed by atoms with E-state index in [2.05, 4.69) is 46.3 Å². The van der Waals surface area contributed by atoms with Gasteiger partial charge in [-0.25, -0.2) is 0 Å². The number of carbonyl (C=O) groups excluding carboxylic acids is 1. The maximum Gasteiger partial charge on any atom is 0.320 e. The molecule has 0 fully saturated rings. The molecule has 0 aromatic rings. The Bertz CT molecular complexity index is 162. The smallest absolute Gasteiger partial charge is 0.320 e. The molecule has 0 aliphatic rings. The number of hydrogen-bond acceptors (Lipinski definition) is 3. The molecule has 0 aromatic carbocycles. The van der Waals surface area contributed by atoms with Crippen molar-refractivity contribution in [1.82, 2.24) is 4.90 Å². The van der Waals surface area contributed by atoms with E-state index in [1.807, 2.05) is 0 Å². The molecule has 1 atom stereocenters. The summed E-state index contributed by atoms with van der Waals surface area (Å²) in [4.78, 5) is 13.1. The number of methoxy groups -OCH3 is 1. The van der Waals surface area contributed by atoms with Crippen molar-refractivity contribution >= 4 is 21.9 Å². The minimum absolute atomic E-state index is 0.209. The third kappa shape index (κ3) is 4.62. The summed E-state index contributed by atoms with van der Waals surface area (Å²) >= 11 is 3.30. The quantitative estimate of drug-likeness (QED) is 0.550. The minimum Gasteiger partial charge on any atom is -0.468 e. The van der Waals surface area contributed by atoms with Crippen LogP contribution < -0.4 is 0 Å². The maximum atomic E-state index is 11.1. The second-order valence-corrected chi connectivity index (χ2v) is 4.28. The summed E-state index contributed by atoms with van der Waals surface area (Å²) in [6.07, 6.45) is 0. The van der Waals surface area contributed by atoms with E-state index in [4.69, 9.17) is 0 Å². The average Bonchev–Trinajstić information content (AvgIpc) is 2.11. The number of alkyl halides is 1. The predicted molar refractivity (Wildman–Crippen MR) is 57.1 cm³/mol. The minimum atomic E-state index is -0.222. The van der Waals surface area contributed by atoms with Crippen LogP contribution in [-0.4, -0.2) is 41.9 Å². The van der Waals surface area contributed by atoms with Crippen LogP contribution in [0.25, 0.3) is 0 Å². The van der Waals surface area contributed by atoms with Crippen molar-refractivity contribution in [1.29, 1.82) is 0 Å². The molecule has 0 saturated heterocycles. The molecule has 0 aliphatic carbocycles. The second kappa shape index (κ2) is 6.38. The van der Waals surface area contributed by atoms with Crippen molar-refractivity contribution in [3.8, 4) is 0 Å².